The van der Waals surface area contributed by atoms with Crippen molar-refractivity contribution >= 4 is 0 Å². The molecule has 54 valence electrons. The van der Waals surface area contributed by atoms with Crippen LogP contribution in [0.15, 0.2) is 0 Å². The van der Waals surface area contributed by atoms with E-state index in [-0.39, 0.29) is 12.7 Å². The van der Waals surface area contributed by atoms with Gasteiger partial charge in [0.15, 0.2) is 0 Å². The number of aliphatic hydroxyl groups excluding tert-OH is 1. The van der Waals surface area contributed by atoms with Crippen LogP contribution in [0.4, 0.5) is 0 Å². The highest BCUT2D eigenvalue weighted by Crippen LogP contribution is 2.24. The highest BCUT2D eigenvalue weighted by molar-refractivity contribution is 4.88. The molecule has 2 N–H and O–H groups in total. The molecule has 1 rings (SSSR count). The minimum Gasteiger partial charge on any atom is -0.393 e. The topological polar surface area (TPSA) is 49.7 Å². The number of hydrogen-bond acceptors (Lipinski definition) is 3. The first-order valence-corrected chi connectivity index (χ1v) is 3.14. The predicted molar refractivity (Wildman–Crippen MR) is 32.1 cm³/mol. The largest absolute Gasteiger partial charge is 0.393 e. The molecule has 0 aliphatic carbocycles. The maximum absolute atomic E-state index is 9.39. The minimum absolute atomic E-state index is 0.200. The molecule has 1 saturated heterocycles. The van der Waals surface area contributed by atoms with Crippen molar-refractivity contribution in [3.8, 4) is 0 Å². The third-order valence-corrected chi connectivity index (χ3v) is 1.93. The van der Waals surface area contributed by atoms with Gasteiger partial charge in [0.1, 0.15) is 5.60 Å². The molecule has 3 heteroatoms. The van der Waals surface area contributed by atoms with Crippen LogP contribution in [-0.4, -0.2) is 35.1 Å². The van der Waals surface area contributed by atoms with Crippen molar-refractivity contribution < 1.29 is 14.9 Å². The van der Waals surface area contributed by atoms with Gasteiger partial charge < -0.3 is 14.9 Å². The Morgan fingerprint density at radius 3 is 2.67 bits per heavy atom. The molecule has 0 aromatic heterocycles. The van der Waals surface area contributed by atoms with Gasteiger partial charge in [-0.15, -0.1) is 0 Å². The average molecular weight is 132 g/mol. The average Bonchev–Trinajstić information content (AvgIpc) is 2.15. The van der Waals surface area contributed by atoms with Gasteiger partial charge in [-0.25, -0.2) is 0 Å². The molecule has 2 atom stereocenters. The predicted octanol–water partition coefficient (Wildman–Crippen LogP) is -0.481. The van der Waals surface area contributed by atoms with E-state index in [4.69, 9.17) is 9.84 Å². The molecule has 3 nitrogen and oxygen atoms in total. The van der Waals surface area contributed by atoms with Crippen LogP contribution in [-0.2, 0) is 4.74 Å². The van der Waals surface area contributed by atoms with Gasteiger partial charge in [-0.1, -0.05) is 0 Å². The van der Waals surface area contributed by atoms with Crippen LogP contribution in [0.3, 0.4) is 0 Å². The Bertz CT molecular complexity index is 104. The molecule has 0 radical (unpaired) electrons. The quantitative estimate of drug-likeness (QED) is 0.506. The minimum atomic E-state index is -0.972. The Morgan fingerprint density at radius 2 is 2.44 bits per heavy atom. The van der Waals surface area contributed by atoms with Crippen molar-refractivity contribution in [3.05, 3.63) is 0 Å². The van der Waals surface area contributed by atoms with E-state index in [9.17, 15) is 5.11 Å². The van der Waals surface area contributed by atoms with Crippen LogP contribution in [0, 0.1) is 0 Å². The summed E-state index contributed by atoms with van der Waals surface area (Å²) in [4.78, 5) is 0. The molecular formula is C6H12O3. The van der Waals surface area contributed by atoms with E-state index in [1.165, 1.54) is 0 Å². The highest BCUT2D eigenvalue weighted by Gasteiger charge is 2.38. The third kappa shape index (κ3) is 1.08. The summed E-state index contributed by atoms with van der Waals surface area (Å²) < 4.78 is 5.05. The maximum Gasteiger partial charge on any atom is 0.116 e. The Balaban J connectivity index is 2.56. The van der Waals surface area contributed by atoms with Crippen LogP contribution in [0.5, 0.6) is 0 Å². The molecule has 1 heterocycles. The molecule has 1 unspecified atom stereocenters. The molecule has 0 bridgehead atoms. The van der Waals surface area contributed by atoms with Gasteiger partial charge in [0.25, 0.3) is 0 Å². The lowest BCUT2D eigenvalue weighted by Crippen LogP contribution is -2.39. The van der Waals surface area contributed by atoms with Crippen LogP contribution >= 0.6 is 0 Å². The molecular weight excluding hydrogens is 120 g/mol. The summed E-state index contributed by atoms with van der Waals surface area (Å²) in [6, 6.07) is 0. The summed E-state index contributed by atoms with van der Waals surface area (Å²) in [6.45, 7) is 2.12. The van der Waals surface area contributed by atoms with Gasteiger partial charge >= 0.3 is 0 Å². The summed E-state index contributed by atoms with van der Waals surface area (Å²) in [5, 5.41) is 18.1. The lowest BCUT2D eigenvalue weighted by Gasteiger charge is -2.22. The highest BCUT2D eigenvalue weighted by atomic mass is 16.5. The fourth-order valence-corrected chi connectivity index (χ4v) is 0.978. The zero-order valence-electron chi connectivity index (χ0n) is 5.50. The van der Waals surface area contributed by atoms with E-state index in [2.05, 4.69) is 0 Å². The normalized spacial score (nSPS) is 43.7. The Morgan fingerprint density at radius 1 is 1.78 bits per heavy atom. The van der Waals surface area contributed by atoms with Crippen molar-refractivity contribution in [2.24, 2.45) is 0 Å². The van der Waals surface area contributed by atoms with E-state index in [1.807, 2.05) is 0 Å². The van der Waals surface area contributed by atoms with Crippen LogP contribution < -0.4 is 0 Å². The van der Waals surface area contributed by atoms with Gasteiger partial charge in [-0.2, -0.15) is 0 Å². The van der Waals surface area contributed by atoms with Gasteiger partial charge in [-0.3, -0.25) is 0 Å². The lowest BCUT2D eigenvalue weighted by molar-refractivity contribution is -0.0617. The first-order chi connectivity index (χ1) is 4.19. The monoisotopic (exact) mass is 132 g/mol. The van der Waals surface area contributed by atoms with Crippen molar-refractivity contribution in [1.82, 2.24) is 0 Å². The van der Waals surface area contributed by atoms with Crippen molar-refractivity contribution in [2.45, 2.75) is 25.0 Å². The Hall–Kier alpha value is -0.120. The molecule has 0 aromatic rings. The first-order valence-electron chi connectivity index (χ1n) is 3.14. The first kappa shape index (κ1) is 6.99. The fraction of sp³-hybridized carbons (Fsp3) is 1.00. The van der Waals surface area contributed by atoms with Crippen LogP contribution in [0.1, 0.15) is 13.3 Å². The van der Waals surface area contributed by atoms with Gasteiger partial charge in [0.2, 0.25) is 0 Å². The number of rotatable bonds is 1. The smallest absolute Gasteiger partial charge is 0.116 e. The zero-order valence-corrected chi connectivity index (χ0v) is 5.50. The summed E-state index contributed by atoms with van der Waals surface area (Å²) in [5.41, 5.74) is -0.972. The lowest BCUT2D eigenvalue weighted by atomic mass is 9.98. The summed E-state index contributed by atoms with van der Waals surface area (Å²) in [5.74, 6) is 0. The fourth-order valence-electron chi connectivity index (χ4n) is 0.978. The SMILES string of the molecule is CC1OCC[C@]1(O)CO. The van der Waals surface area contributed by atoms with Crippen LogP contribution in [0.2, 0.25) is 0 Å². The van der Waals surface area contributed by atoms with Gasteiger partial charge in [0, 0.05) is 6.42 Å². The molecule has 9 heavy (non-hydrogen) atoms. The molecule has 1 fully saturated rings. The van der Waals surface area contributed by atoms with Crippen molar-refractivity contribution in [3.63, 3.8) is 0 Å². The molecule has 1 aliphatic rings. The van der Waals surface area contributed by atoms with E-state index in [0.717, 1.165) is 0 Å². The van der Waals surface area contributed by atoms with Gasteiger partial charge in [-0.05, 0) is 6.92 Å². The number of ether oxygens (including phenoxy) is 1. The molecule has 0 spiro atoms. The van der Waals surface area contributed by atoms with E-state index in [0.29, 0.717) is 13.0 Å². The summed E-state index contributed by atoms with van der Waals surface area (Å²) in [7, 11) is 0. The van der Waals surface area contributed by atoms with Crippen molar-refractivity contribution in [1.29, 1.82) is 0 Å². The third-order valence-electron chi connectivity index (χ3n) is 1.93. The van der Waals surface area contributed by atoms with Gasteiger partial charge in [0.05, 0.1) is 19.3 Å². The molecule has 0 saturated carbocycles. The standard InChI is InChI=1S/C6H12O3/c1-5-6(8,4-7)2-3-9-5/h5,7-8H,2-4H2,1H3/t5?,6-/m0/s1. The van der Waals surface area contributed by atoms with Crippen molar-refractivity contribution in [2.75, 3.05) is 13.2 Å². The Labute approximate surface area is 54.3 Å². The van der Waals surface area contributed by atoms with E-state index >= 15 is 0 Å². The Kier molecular flexibility index (Phi) is 1.75. The summed E-state index contributed by atoms with van der Waals surface area (Å²) >= 11 is 0. The summed E-state index contributed by atoms with van der Waals surface area (Å²) in [6.07, 6.45) is 0.326. The maximum atomic E-state index is 9.39. The molecule has 0 amide bonds. The van der Waals surface area contributed by atoms with E-state index < -0.39 is 5.60 Å². The van der Waals surface area contributed by atoms with E-state index in [1.54, 1.807) is 6.92 Å². The number of hydrogen-bond donors (Lipinski definition) is 2. The number of aliphatic hydroxyl groups is 2. The second-order valence-corrected chi connectivity index (χ2v) is 2.52. The molecule has 1 aliphatic heterocycles. The zero-order chi connectivity index (χ0) is 6.91. The molecule has 0 aromatic carbocycles. The second-order valence-electron chi connectivity index (χ2n) is 2.52. The van der Waals surface area contributed by atoms with Crippen LogP contribution in [0.25, 0.3) is 0 Å². The second kappa shape index (κ2) is 2.25.